The summed E-state index contributed by atoms with van der Waals surface area (Å²) in [5.41, 5.74) is 0.502. The molecule has 1 rings (SSSR count). The maximum absolute atomic E-state index is 12.0. The maximum Gasteiger partial charge on any atom is 0.308 e. The van der Waals surface area contributed by atoms with Gasteiger partial charge in [-0.1, -0.05) is 106 Å². The Balaban J connectivity index is 1.98. The fourth-order valence-corrected chi connectivity index (χ4v) is 3.65. The van der Waals surface area contributed by atoms with Crippen molar-refractivity contribution in [2.75, 3.05) is 6.61 Å². The van der Waals surface area contributed by atoms with Crippen molar-refractivity contribution >= 4 is 27.7 Å². The fraction of sp³-hybridized carbons (Fsp3) is 0.680. The molecule has 1 atom stereocenters. The molecule has 30 heavy (non-hydrogen) atoms. The molecule has 0 aliphatic carbocycles. The van der Waals surface area contributed by atoms with Crippen LogP contribution in [0.15, 0.2) is 28.7 Å². The number of unbranched alkanes of at least 4 members (excludes halogenated alkanes) is 8. The molecule has 4 nitrogen and oxygen atoms in total. The number of aliphatic hydroxyl groups excluding tert-OH is 1. The van der Waals surface area contributed by atoms with Gasteiger partial charge in [-0.15, -0.1) is 0 Å². The number of hydrogen-bond donors (Lipinski definition) is 1. The van der Waals surface area contributed by atoms with E-state index in [1.807, 2.05) is 0 Å². The molecule has 0 aromatic heterocycles. The summed E-state index contributed by atoms with van der Waals surface area (Å²) in [7, 11) is 0. The van der Waals surface area contributed by atoms with Gasteiger partial charge in [0, 0.05) is 10.0 Å². The zero-order valence-corrected chi connectivity index (χ0v) is 20.3. The number of Topliss-reactive ketones (excluding diaryl/α,β-unsaturated/α-hetero) is 1. The number of hydrogen-bond acceptors (Lipinski definition) is 4. The number of esters is 1. The average Bonchev–Trinajstić information content (AvgIpc) is 2.70. The first-order valence-corrected chi connectivity index (χ1v) is 12.3. The Morgan fingerprint density at radius 3 is 1.90 bits per heavy atom. The van der Waals surface area contributed by atoms with Crippen LogP contribution >= 0.6 is 15.9 Å². The highest BCUT2D eigenvalue weighted by atomic mass is 79.9. The standard InChI is InChI=1S/C25H39BrO4/c1-20(2)12-10-8-6-4-3-5-7-9-11-13-23(27)18-25(29)30-19-24(28)21-14-16-22(26)17-15-21/h14-17,20,23,27H,3-13,18-19H2,1-2H3/t23-/m1/s1. The zero-order valence-electron chi connectivity index (χ0n) is 18.7. The summed E-state index contributed by atoms with van der Waals surface area (Å²) in [6, 6.07) is 6.91. The summed E-state index contributed by atoms with van der Waals surface area (Å²) < 4.78 is 5.90. The monoisotopic (exact) mass is 482 g/mol. The second kappa shape index (κ2) is 16.5. The SMILES string of the molecule is CC(C)CCCCCCCCCCC[C@@H](O)CC(=O)OCC(=O)c1ccc(Br)cc1. The zero-order chi connectivity index (χ0) is 22.2. The summed E-state index contributed by atoms with van der Waals surface area (Å²) in [6.45, 7) is 4.28. The molecule has 0 bridgehead atoms. The molecule has 5 heteroatoms. The van der Waals surface area contributed by atoms with E-state index in [4.69, 9.17) is 4.74 Å². The molecule has 0 spiro atoms. The molecule has 1 aromatic carbocycles. The summed E-state index contributed by atoms with van der Waals surface area (Å²) >= 11 is 3.31. The van der Waals surface area contributed by atoms with E-state index in [1.54, 1.807) is 24.3 Å². The molecule has 0 unspecified atom stereocenters. The number of ketones is 1. The van der Waals surface area contributed by atoms with Crippen molar-refractivity contribution in [2.24, 2.45) is 5.92 Å². The third kappa shape index (κ3) is 13.9. The van der Waals surface area contributed by atoms with Crippen LogP contribution in [-0.4, -0.2) is 29.6 Å². The number of benzene rings is 1. The molecule has 0 aliphatic rings. The van der Waals surface area contributed by atoms with Crippen molar-refractivity contribution < 1.29 is 19.4 Å². The number of aliphatic hydroxyl groups is 1. The predicted octanol–water partition coefficient (Wildman–Crippen LogP) is 6.87. The van der Waals surface area contributed by atoms with Crippen molar-refractivity contribution in [3.8, 4) is 0 Å². The Labute approximate surface area is 190 Å². The molecule has 0 fully saturated rings. The van der Waals surface area contributed by atoms with E-state index in [0.29, 0.717) is 12.0 Å². The van der Waals surface area contributed by atoms with Gasteiger partial charge >= 0.3 is 5.97 Å². The van der Waals surface area contributed by atoms with Gasteiger partial charge in [0.1, 0.15) is 0 Å². The van der Waals surface area contributed by atoms with Gasteiger partial charge in [-0.2, -0.15) is 0 Å². The van der Waals surface area contributed by atoms with Crippen LogP contribution in [0.5, 0.6) is 0 Å². The lowest BCUT2D eigenvalue weighted by atomic mass is 10.0. The van der Waals surface area contributed by atoms with E-state index < -0.39 is 12.1 Å². The molecule has 1 aromatic rings. The topological polar surface area (TPSA) is 63.6 Å². The molecule has 0 aliphatic heterocycles. The minimum Gasteiger partial charge on any atom is -0.457 e. The minimum atomic E-state index is -0.693. The third-order valence-electron chi connectivity index (χ3n) is 5.25. The summed E-state index contributed by atoms with van der Waals surface area (Å²) in [5, 5.41) is 10.0. The van der Waals surface area contributed by atoms with Crippen LogP contribution in [0, 0.1) is 5.92 Å². The predicted molar refractivity (Wildman–Crippen MR) is 126 cm³/mol. The minimum absolute atomic E-state index is 0.0516. The van der Waals surface area contributed by atoms with Gasteiger partial charge in [-0.05, 0) is 24.5 Å². The van der Waals surface area contributed by atoms with Crippen molar-refractivity contribution in [1.82, 2.24) is 0 Å². The molecule has 0 radical (unpaired) electrons. The second-order valence-electron chi connectivity index (χ2n) is 8.60. The fourth-order valence-electron chi connectivity index (χ4n) is 3.39. The van der Waals surface area contributed by atoms with Crippen LogP contribution < -0.4 is 0 Å². The van der Waals surface area contributed by atoms with Crippen LogP contribution in [0.3, 0.4) is 0 Å². The van der Waals surface area contributed by atoms with Gasteiger partial charge in [-0.3, -0.25) is 9.59 Å². The molecule has 0 saturated carbocycles. The Kier molecular flexibility index (Phi) is 14.7. The quantitative estimate of drug-likeness (QED) is 0.149. The van der Waals surface area contributed by atoms with E-state index in [1.165, 1.54) is 51.4 Å². The van der Waals surface area contributed by atoms with E-state index in [2.05, 4.69) is 29.8 Å². The van der Waals surface area contributed by atoms with Gasteiger partial charge in [-0.25, -0.2) is 0 Å². The van der Waals surface area contributed by atoms with Crippen LogP contribution in [-0.2, 0) is 9.53 Å². The van der Waals surface area contributed by atoms with Crippen molar-refractivity contribution in [1.29, 1.82) is 0 Å². The van der Waals surface area contributed by atoms with Crippen molar-refractivity contribution in [2.45, 2.75) is 97.0 Å². The Bertz CT molecular complexity index is 598. The van der Waals surface area contributed by atoms with Crippen LogP contribution in [0.1, 0.15) is 101 Å². The first-order chi connectivity index (χ1) is 14.4. The highest BCUT2D eigenvalue weighted by molar-refractivity contribution is 9.10. The summed E-state index contributed by atoms with van der Waals surface area (Å²) in [4.78, 5) is 23.8. The van der Waals surface area contributed by atoms with Gasteiger partial charge < -0.3 is 9.84 Å². The number of ether oxygens (including phenoxy) is 1. The second-order valence-corrected chi connectivity index (χ2v) is 9.52. The van der Waals surface area contributed by atoms with Gasteiger partial charge in [0.25, 0.3) is 0 Å². The van der Waals surface area contributed by atoms with Gasteiger partial charge in [0.05, 0.1) is 12.5 Å². The number of rotatable bonds is 17. The van der Waals surface area contributed by atoms with Gasteiger partial charge in [0.2, 0.25) is 0 Å². The number of carbonyl (C=O) groups is 2. The van der Waals surface area contributed by atoms with Gasteiger partial charge in [0.15, 0.2) is 12.4 Å². The summed E-state index contributed by atoms with van der Waals surface area (Å²) in [5.74, 6) is 0.0533. The lowest BCUT2D eigenvalue weighted by Gasteiger charge is -2.10. The Morgan fingerprint density at radius 1 is 0.867 bits per heavy atom. The first-order valence-electron chi connectivity index (χ1n) is 11.5. The smallest absolute Gasteiger partial charge is 0.308 e. The van der Waals surface area contributed by atoms with E-state index in [-0.39, 0.29) is 18.8 Å². The molecule has 0 heterocycles. The number of carbonyl (C=O) groups excluding carboxylic acids is 2. The highest BCUT2D eigenvalue weighted by Crippen LogP contribution is 2.15. The van der Waals surface area contributed by atoms with Crippen molar-refractivity contribution in [3.63, 3.8) is 0 Å². The Morgan fingerprint density at radius 2 is 1.37 bits per heavy atom. The normalized spacial score (nSPS) is 12.2. The van der Waals surface area contributed by atoms with Crippen LogP contribution in [0.25, 0.3) is 0 Å². The first kappa shape index (κ1) is 26.8. The van der Waals surface area contributed by atoms with E-state index in [0.717, 1.165) is 23.2 Å². The third-order valence-corrected chi connectivity index (χ3v) is 5.78. The van der Waals surface area contributed by atoms with Crippen molar-refractivity contribution in [3.05, 3.63) is 34.3 Å². The molecule has 170 valence electrons. The average molecular weight is 483 g/mol. The highest BCUT2D eigenvalue weighted by Gasteiger charge is 2.14. The van der Waals surface area contributed by atoms with Crippen LogP contribution in [0.2, 0.25) is 0 Å². The van der Waals surface area contributed by atoms with Crippen LogP contribution in [0.4, 0.5) is 0 Å². The molecule has 0 saturated heterocycles. The molecule has 0 amide bonds. The lowest BCUT2D eigenvalue weighted by Crippen LogP contribution is -2.19. The van der Waals surface area contributed by atoms with E-state index >= 15 is 0 Å². The lowest BCUT2D eigenvalue weighted by molar-refractivity contribution is -0.144. The number of halogens is 1. The largest absolute Gasteiger partial charge is 0.457 e. The Hall–Kier alpha value is -1.20. The molecular formula is C25H39BrO4. The molecular weight excluding hydrogens is 444 g/mol. The maximum atomic E-state index is 12.0. The molecule has 1 N–H and O–H groups in total. The van der Waals surface area contributed by atoms with E-state index in [9.17, 15) is 14.7 Å². The summed E-state index contributed by atoms with van der Waals surface area (Å²) in [6.07, 6.45) is 12.3.